The van der Waals surface area contributed by atoms with E-state index in [1.165, 1.54) is 6.20 Å². The lowest BCUT2D eigenvalue weighted by Crippen LogP contribution is -2.12. The van der Waals surface area contributed by atoms with Crippen LogP contribution in [0.1, 0.15) is 21.9 Å². The van der Waals surface area contributed by atoms with E-state index >= 15 is 0 Å². The Morgan fingerprint density at radius 2 is 1.73 bits per heavy atom. The summed E-state index contributed by atoms with van der Waals surface area (Å²) in [6.45, 7) is 1.66. The number of benzene rings is 2. The number of nitrogens with one attached hydrogen (secondary N) is 1. The number of nitrogens with zero attached hydrogens (tertiary/aromatic N) is 5. The van der Waals surface area contributed by atoms with Crippen LogP contribution < -0.4 is 11.1 Å². The molecular weight excluding hydrogens is 382 g/mol. The first kappa shape index (κ1) is 19.1. The molecule has 9 heteroatoms. The van der Waals surface area contributed by atoms with Crippen LogP contribution in [0.3, 0.4) is 0 Å². The van der Waals surface area contributed by atoms with Gasteiger partial charge in [0.2, 0.25) is 11.9 Å². The summed E-state index contributed by atoms with van der Waals surface area (Å²) in [4.78, 5) is 24.9. The number of para-hydroxylation sites is 2. The number of carbonyl (C=O) groups excluding carboxylic acids is 1. The first-order chi connectivity index (χ1) is 14.6. The number of esters is 1. The Hall–Kier alpha value is -4.27. The van der Waals surface area contributed by atoms with Crippen LogP contribution in [-0.2, 0) is 11.3 Å². The van der Waals surface area contributed by atoms with Gasteiger partial charge in [-0.3, -0.25) is 0 Å². The van der Waals surface area contributed by atoms with Crippen molar-refractivity contribution in [2.24, 2.45) is 0 Å². The molecule has 0 amide bonds. The van der Waals surface area contributed by atoms with Gasteiger partial charge in [0.05, 0.1) is 17.6 Å². The third-order valence-electron chi connectivity index (χ3n) is 4.29. The van der Waals surface area contributed by atoms with Crippen LogP contribution in [0.2, 0.25) is 0 Å². The van der Waals surface area contributed by atoms with Crippen LogP contribution in [0.15, 0.2) is 66.9 Å². The van der Waals surface area contributed by atoms with Crippen molar-refractivity contribution in [2.45, 2.75) is 13.5 Å². The van der Waals surface area contributed by atoms with Crippen LogP contribution in [0.4, 0.5) is 17.6 Å². The number of nitrogens with two attached hydrogens (primary N) is 1. The molecule has 9 nitrogen and oxygen atoms in total. The van der Waals surface area contributed by atoms with Crippen LogP contribution in [0, 0.1) is 6.92 Å². The number of nitrogen functional groups attached to an aromatic ring is 1. The van der Waals surface area contributed by atoms with Crippen LogP contribution in [-0.4, -0.2) is 30.7 Å². The molecule has 0 unspecified atom stereocenters. The van der Waals surface area contributed by atoms with Crippen molar-refractivity contribution < 1.29 is 9.53 Å². The second-order valence-corrected chi connectivity index (χ2v) is 6.39. The van der Waals surface area contributed by atoms with Gasteiger partial charge in [0.15, 0.2) is 12.4 Å². The Morgan fingerprint density at radius 3 is 2.47 bits per heavy atom. The summed E-state index contributed by atoms with van der Waals surface area (Å²) in [5.74, 6) is 0.0176. The van der Waals surface area contributed by atoms with E-state index in [1.807, 2.05) is 60.7 Å². The van der Waals surface area contributed by atoms with Crippen molar-refractivity contribution in [3.63, 3.8) is 0 Å². The topological polar surface area (TPSA) is 121 Å². The molecule has 0 fully saturated rings. The maximum atomic E-state index is 12.6. The number of aromatic nitrogens is 5. The molecule has 0 aliphatic rings. The highest BCUT2D eigenvalue weighted by Crippen LogP contribution is 2.16. The van der Waals surface area contributed by atoms with Gasteiger partial charge in [-0.2, -0.15) is 20.1 Å². The van der Waals surface area contributed by atoms with E-state index in [0.29, 0.717) is 11.3 Å². The standard InChI is InChI=1S/C21H19N7O2/c1-14-17(12-23-28(14)16-10-6-3-7-11-16)19(29)30-13-18-25-20(22)27-21(26-18)24-15-8-4-2-5-9-15/h2-12H,13H2,1H3,(H3,22,24,25,26,27). The monoisotopic (exact) mass is 401 g/mol. The van der Waals surface area contributed by atoms with Gasteiger partial charge < -0.3 is 15.8 Å². The van der Waals surface area contributed by atoms with Crippen molar-refractivity contribution in [2.75, 3.05) is 11.1 Å². The van der Waals surface area contributed by atoms with E-state index < -0.39 is 5.97 Å². The molecule has 0 aliphatic heterocycles. The predicted molar refractivity (Wildman–Crippen MR) is 111 cm³/mol. The van der Waals surface area contributed by atoms with Gasteiger partial charge in [-0.25, -0.2) is 9.48 Å². The Kier molecular flexibility index (Phi) is 5.33. The van der Waals surface area contributed by atoms with Crippen LogP contribution >= 0.6 is 0 Å². The maximum Gasteiger partial charge on any atom is 0.342 e. The van der Waals surface area contributed by atoms with Gasteiger partial charge in [-0.05, 0) is 31.2 Å². The number of carbonyl (C=O) groups is 1. The van der Waals surface area contributed by atoms with E-state index in [9.17, 15) is 4.79 Å². The fourth-order valence-electron chi connectivity index (χ4n) is 2.86. The highest BCUT2D eigenvalue weighted by atomic mass is 16.5. The lowest BCUT2D eigenvalue weighted by molar-refractivity contribution is 0.0461. The zero-order valence-corrected chi connectivity index (χ0v) is 16.2. The Labute approximate surface area is 172 Å². The molecule has 0 radical (unpaired) electrons. The number of anilines is 3. The minimum atomic E-state index is -0.522. The first-order valence-corrected chi connectivity index (χ1v) is 9.20. The predicted octanol–water partition coefficient (Wildman–Crippen LogP) is 3.05. The van der Waals surface area contributed by atoms with Crippen LogP contribution in [0.25, 0.3) is 5.69 Å². The minimum Gasteiger partial charge on any atom is -0.454 e. The fraction of sp³-hybridized carbons (Fsp3) is 0.0952. The molecule has 2 heterocycles. The second kappa shape index (κ2) is 8.39. The first-order valence-electron chi connectivity index (χ1n) is 9.20. The van der Waals surface area contributed by atoms with Gasteiger partial charge in [0, 0.05) is 5.69 Å². The zero-order chi connectivity index (χ0) is 20.9. The third-order valence-corrected chi connectivity index (χ3v) is 4.29. The summed E-state index contributed by atoms with van der Waals surface area (Å²) in [5.41, 5.74) is 8.46. The summed E-state index contributed by atoms with van der Waals surface area (Å²) in [6.07, 6.45) is 1.48. The van der Waals surface area contributed by atoms with Gasteiger partial charge in [0.25, 0.3) is 0 Å². The molecule has 4 rings (SSSR count). The quantitative estimate of drug-likeness (QED) is 0.473. The van der Waals surface area contributed by atoms with E-state index in [1.54, 1.807) is 11.6 Å². The molecule has 3 N–H and O–H groups in total. The van der Waals surface area contributed by atoms with E-state index in [0.717, 1.165) is 11.4 Å². The van der Waals surface area contributed by atoms with Gasteiger partial charge in [-0.15, -0.1) is 0 Å². The molecule has 2 aromatic heterocycles. The van der Waals surface area contributed by atoms with Crippen molar-refractivity contribution in [1.29, 1.82) is 0 Å². The van der Waals surface area contributed by atoms with Crippen LogP contribution in [0.5, 0.6) is 0 Å². The molecule has 4 aromatic rings. The minimum absolute atomic E-state index is 0.0301. The molecule has 0 bridgehead atoms. The molecule has 0 saturated heterocycles. The van der Waals surface area contributed by atoms with E-state index in [2.05, 4.69) is 25.4 Å². The Morgan fingerprint density at radius 1 is 1.03 bits per heavy atom. The van der Waals surface area contributed by atoms with Crippen molar-refractivity contribution in [3.8, 4) is 5.69 Å². The lowest BCUT2D eigenvalue weighted by atomic mass is 10.2. The second-order valence-electron chi connectivity index (χ2n) is 6.39. The summed E-state index contributed by atoms with van der Waals surface area (Å²) < 4.78 is 7.06. The molecule has 2 aromatic carbocycles. The molecule has 150 valence electrons. The molecule has 0 atom stereocenters. The maximum absolute atomic E-state index is 12.6. The highest BCUT2D eigenvalue weighted by molar-refractivity contribution is 5.90. The Balaban J connectivity index is 1.46. The average molecular weight is 401 g/mol. The Bertz CT molecular complexity index is 1160. The number of hydrogen-bond donors (Lipinski definition) is 2. The zero-order valence-electron chi connectivity index (χ0n) is 16.2. The van der Waals surface area contributed by atoms with Gasteiger partial charge >= 0.3 is 5.97 Å². The highest BCUT2D eigenvalue weighted by Gasteiger charge is 2.17. The van der Waals surface area contributed by atoms with E-state index in [4.69, 9.17) is 10.5 Å². The molecule has 30 heavy (non-hydrogen) atoms. The van der Waals surface area contributed by atoms with Crippen molar-refractivity contribution >= 4 is 23.6 Å². The summed E-state index contributed by atoms with van der Waals surface area (Å²) in [7, 11) is 0. The average Bonchev–Trinajstić information content (AvgIpc) is 3.14. The fourth-order valence-corrected chi connectivity index (χ4v) is 2.86. The number of rotatable bonds is 6. The third kappa shape index (κ3) is 4.25. The van der Waals surface area contributed by atoms with Crippen molar-refractivity contribution in [1.82, 2.24) is 24.7 Å². The van der Waals surface area contributed by atoms with E-state index in [-0.39, 0.29) is 24.3 Å². The number of hydrogen-bond acceptors (Lipinski definition) is 8. The van der Waals surface area contributed by atoms with Crippen molar-refractivity contribution in [3.05, 3.63) is 83.9 Å². The summed E-state index contributed by atoms with van der Waals surface area (Å²) in [6, 6.07) is 18.9. The molecule has 0 aliphatic carbocycles. The molecule has 0 saturated carbocycles. The number of ether oxygens (including phenoxy) is 1. The smallest absolute Gasteiger partial charge is 0.342 e. The van der Waals surface area contributed by atoms with Gasteiger partial charge in [-0.1, -0.05) is 36.4 Å². The SMILES string of the molecule is Cc1c(C(=O)OCc2nc(N)nc(Nc3ccccc3)n2)cnn1-c1ccccc1. The largest absolute Gasteiger partial charge is 0.454 e. The lowest BCUT2D eigenvalue weighted by Gasteiger charge is -2.08. The molecular formula is C21H19N7O2. The molecule has 0 spiro atoms. The normalized spacial score (nSPS) is 10.6. The van der Waals surface area contributed by atoms with Gasteiger partial charge in [0.1, 0.15) is 5.56 Å². The summed E-state index contributed by atoms with van der Waals surface area (Å²) >= 11 is 0. The summed E-state index contributed by atoms with van der Waals surface area (Å²) in [5, 5.41) is 7.32.